The first-order chi connectivity index (χ1) is 7.54. The summed E-state index contributed by atoms with van der Waals surface area (Å²) < 4.78 is 5.33. The van der Waals surface area contributed by atoms with Crippen molar-refractivity contribution in [2.45, 2.75) is 63.6 Å². The molecule has 0 aliphatic carbocycles. The molecule has 0 N–H and O–H groups in total. The highest BCUT2D eigenvalue weighted by Gasteiger charge is 2.44. The van der Waals surface area contributed by atoms with E-state index in [4.69, 9.17) is 4.74 Å². The number of nitrogens with zero attached hydrogens (tertiary/aromatic N) is 1. The van der Waals surface area contributed by atoms with Crippen LogP contribution in [-0.2, 0) is 9.53 Å². The molecule has 2 fully saturated rings. The number of hydrogen-bond donors (Lipinski definition) is 0. The van der Waals surface area contributed by atoms with E-state index in [-0.39, 0.29) is 5.54 Å². The Morgan fingerprint density at radius 3 is 2.38 bits per heavy atom. The molecule has 2 atom stereocenters. The topological polar surface area (TPSA) is 29.5 Å². The minimum absolute atomic E-state index is 0.0607. The molecule has 0 spiro atoms. The molecule has 2 bridgehead atoms. The van der Waals surface area contributed by atoms with E-state index in [0.717, 1.165) is 19.4 Å². The van der Waals surface area contributed by atoms with Crippen molar-refractivity contribution in [3.8, 4) is 0 Å². The average molecular weight is 225 g/mol. The van der Waals surface area contributed by atoms with E-state index in [2.05, 4.69) is 18.7 Å². The fourth-order valence-electron chi connectivity index (χ4n) is 3.59. The summed E-state index contributed by atoms with van der Waals surface area (Å²) in [5, 5.41) is 0. The second-order valence-electron chi connectivity index (χ2n) is 5.84. The molecule has 3 heteroatoms. The van der Waals surface area contributed by atoms with E-state index in [0.29, 0.717) is 17.9 Å². The van der Waals surface area contributed by atoms with E-state index in [1.807, 2.05) is 0 Å². The molecular weight excluding hydrogens is 202 g/mol. The van der Waals surface area contributed by atoms with Crippen LogP contribution in [0.2, 0.25) is 0 Å². The number of methoxy groups -OCH3 is 1. The van der Waals surface area contributed by atoms with Crippen LogP contribution in [0.15, 0.2) is 0 Å². The Morgan fingerprint density at radius 2 is 1.88 bits per heavy atom. The Balaban J connectivity index is 2.17. The molecule has 92 valence electrons. The number of ether oxygens (including phenoxy) is 1. The predicted octanol–water partition coefficient (Wildman–Crippen LogP) is 2.00. The van der Waals surface area contributed by atoms with Gasteiger partial charge >= 0.3 is 0 Å². The molecule has 0 aromatic rings. The van der Waals surface area contributed by atoms with Crippen LogP contribution in [0.25, 0.3) is 0 Å². The quantitative estimate of drug-likeness (QED) is 0.735. The number of carbonyl (C=O) groups excluding carboxylic acids is 1. The van der Waals surface area contributed by atoms with Crippen molar-refractivity contribution in [3.63, 3.8) is 0 Å². The van der Waals surface area contributed by atoms with Gasteiger partial charge in [-0.05, 0) is 26.7 Å². The van der Waals surface area contributed by atoms with Gasteiger partial charge in [-0.2, -0.15) is 0 Å². The zero-order chi connectivity index (χ0) is 11.8. The third kappa shape index (κ3) is 2.16. The van der Waals surface area contributed by atoms with Crippen molar-refractivity contribution in [1.29, 1.82) is 0 Å². The fraction of sp³-hybridized carbons (Fsp3) is 0.923. The van der Waals surface area contributed by atoms with Gasteiger partial charge in [0.1, 0.15) is 5.78 Å². The second kappa shape index (κ2) is 4.46. The molecule has 0 saturated carbocycles. The van der Waals surface area contributed by atoms with Crippen molar-refractivity contribution in [2.24, 2.45) is 0 Å². The van der Waals surface area contributed by atoms with Crippen LogP contribution in [0.3, 0.4) is 0 Å². The summed E-state index contributed by atoms with van der Waals surface area (Å²) in [5.74, 6) is 0.458. The van der Waals surface area contributed by atoms with E-state index in [9.17, 15) is 4.79 Å². The van der Waals surface area contributed by atoms with E-state index in [1.54, 1.807) is 7.11 Å². The van der Waals surface area contributed by atoms with Gasteiger partial charge in [0, 0.05) is 37.6 Å². The Labute approximate surface area is 98.1 Å². The van der Waals surface area contributed by atoms with E-state index >= 15 is 0 Å². The smallest absolute Gasteiger partial charge is 0.136 e. The van der Waals surface area contributed by atoms with E-state index in [1.165, 1.54) is 19.3 Å². The molecular formula is C13H23NO2. The molecule has 2 aliphatic heterocycles. The lowest BCUT2D eigenvalue weighted by molar-refractivity contribution is -0.133. The molecule has 2 rings (SSSR count). The SMILES string of the molecule is COCC(C)(C)N1C2CCCC1CC(=O)C2. The number of rotatable bonds is 3. The first-order valence-corrected chi connectivity index (χ1v) is 6.33. The van der Waals surface area contributed by atoms with Crippen LogP contribution >= 0.6 is 0 Å². The monoisotopic (exact) mass is 225 g/mol. The van der Waals surface area contributed by atoms with Crippen LogP contribution in [-0.4, -0.2) is 42.0 Å². The van der Waals surface area contributed by atoms with Crippen molar-refractivity contribution in [2.75, 3.05) is 13.7 Å². The van der Waals surface area contributed by atoms with Crippen LogP contribution in [0.1, 0.15) is 46.0 Å². The predicted molar refractivity (Wildman–Crippen MR) is 63.5 cm³/mol. The Kier molecular flexibility index (Phi) is 3.36. The molecule has 0 aromatic carbocycles. The van der Waals surface area contributed by atoms with Gasteiger partial charge in [0.25, 0.3) is 0 Å². The van der Waals surface area contributed by atoms with Crippen molar-refractivity contribution >= 4 is 5.78 Å². The summed E-state index contributed by atoms with van der Waals surface area (Å²) in [6, 6.07) is 0.926. The number of ketones is 1. The van der Waals surface area contributed by atoms with Crippen molar-refractivity contribution in [1.82, 2.24) is 4.90 Å². The van der Waals surface area contributed by atoms with Gasteiger partial charge in [-0.3, -0.25) is 9.69 Å². The molecule has 0 aromatic heterocycles. The normalized spacial score (nSPS) is 31.8. The highest BCUT2D eigenvalue weighted by molar-refractivity contribution is 5.80. The third-order valence-electron chi connectivity index (χ3n) is 3.98. The summed E-state index contributed by atoms with van der Waals surface area (Å²) in [6.45, 7) is 5.21. The molecule has 2 aliphatic rings. The molecule has 0 amide bonds. The maximum Gasteiger partial charge on any atom is 0.136 e. The maximum absolute atomic E-state index is 11.6. The van der Waals surface area contributed by atoms with Crippen molar-refractivity contribution in [3.05, 3.63) is 0 Å². The van der Waals surface area contributed by atoms with Crippen molar-refractivity contribution < 1.29 is 9.53 Å². The second-order valence-corrected chi connectivity index (χ2v) is 5.84. The standard InChI is InChI=1S/C13H23NO2/c1-13(2,9-16-3)14-10-5-4-6-11(14)8-12(15)7-10/h10-11H,4-9H2,1-3H3. The third-order valence-corrected chi connectivity index (χ3v) is 3.98. The Bertz CT molecular complexity index is 259. The van der Waals surface area contributed by atoms with Gasteiger partial charge in [0.15, 0.2) is 0 Å². The molecule has 2 saturated heterocycles. The van der Waals surface area contributed by atoms with Crippen LogP contribution < -0.4 is 0 Å². The zero-order valence-corrected chi connectivity index (χ0v) is 10.7. The lowest BCUT2D eigenvalue weighted by Crippen LogP contribution is -2.62. The van der Waals surface area contributed by atoms with Gasteiger partial charge in [-0.15, -0.1) is 0 Å². The van der Waals surface area contributed by atoms with Crippen LogP contribution in [0, 0.1) is 0 Å². The summed E-state index contributed by atoms with van der Waals surface area (Å²) in [6.07, 6.45) is 5.14. The Morgan fingerprint density at radius 1 is 1.31 bits per heavy atom. The molecule has 2 unspecified atom stereocenters. The summed E-state index contributed by atoms with van der Waals surface area (Å²) in [7, 11) is 1.76. The first-order valence-electron chi connectivity index (χ1n) is 6.33. The van der Waals surface area contributed by atoms with E-state index < -0.39 is 0 Å². The number of fused-ring (bicyclic) bond motifs is 2. The minimum Gasteiger partial charge on any atom is -0.383 e. The lowest BCUT2D eigenvalue weighted by Gasteiger charge is -2.53. The summed E-state index contributed by atoms with van der Waals surface area (Å²) >= 11 is 0. The molecule has 0 radical (unpaired) electrons. The molecule has 16 heavy (non-hydrogen) atoms. The number of Topliss-reactive ketones (excluding diaryl/α,β-unsaturated/α-hetero) is 1. The van der Waals surface area contributed by atoms with Crippen LogP contribution in [0.4, 0.5) is 0 Å². The summed E-state index contributed by atoms with van der Waals surface area (Å²) in [4.78, 5) is 14.2. The number of hydrogen-bond acceptors (Lipinski definition) is 3. The minimum atomic E-state index is 0.0607. The van der Waals surface area contributed by atoms with Crippen LogP contribution in [0.5, 0.6) is 0 Å². The highest BCUT2D eigenvalue weighted by Crippen LogP contribution is 2.37. The molecule has 3 nitrogen and oxygen atoms in total. The fourth-order valence-corrected chi connectivity index (χ4v) is 3.59. The molecule has 2 heterocycles. The highest BCUT2D eigenvalue weighted by atomic mass is 16.5. The number of piperidine rings is 2. The lowest BCUT2D eigenvalue weighted by atomic mass is 9.80. The van der Waals surface area contributed by atoms with Gasteiger partial charge < -0.3 is 4.74 Å². The maximum atomic E-state index is 11.6. The van der Waals surface area contributed by atoms with Gasteiger partial charge in [0.05, 0.1) is 6.61 Å². The zero-order valence-electron chi connectivity index (χ0n) is 10.7. The number of carbonyl (C=O) groups is 1. The van der Waals surface area contributed by atoms with Gasteiger partial charge in [0.2, 0.25) is 0 Å². The first kappa shape index (κ1) is 12.1. The summed E-state index contributed by atoms with van der Waals surface area (Å²) in [5.41, 5.74) is 0.0607. The Hall–Kier alpha value is -0.410. The van der Waals surface area contributed by atoms with Gasteiger partial charge in [-0.25, -0.2) is 0 Å². The average Bonchev–Trinajstić information content (AvgIpc) is 2.15. The largest absolute Gasteiger partial charge is 0.383 e. The van der Waals surface area contributed by atoms with Gasteiger partial charge in [-0.1, -0.05) is 6.42 Å².